The van der Waals surface area contributed by atoms with Crippen molar-refractivity contribution in [2.75, 3.05) is 6.79 Å². The lowest BCUT2D eigenvalue weighted by Crippen LogP contribution is -2.13. The van der Waals surface area contributed by atoms with Crippen molar-refractivity contribution in [3.05, 3.63) is 41.7 Å². The minimum Gasteiger partial charge on any atom is -0.454 e. The van der Waals surface area contributed by atoms with Gasteiger partial charge in [0.1, 0.15) is 0 Å². The molecule has 5 heteroatoms. The van der Waals surface area contributed by atoms with Crippen LogP contribution in [0, 0.1) is 0 Å². The Bertz CT molecular complexity index is 551. The number of para-hydroxylation sites is 1. The summed E-state index contributed by atoms with van der Waals surface area (Å²) in [5.74, 6) is 1.68. The number of aryl methyl sites for hydroxylation is 1. The molecule has 2 aromatic rings. The zero-order valence-electron chi connectivity index (χ0n) is 10.2. The van der Waals surface area contributed by atoms with Crippen molar-refractivity contribution in [3.8, 4) is 11.5 Å². The molecule has 1 aliphatic rings. The summed E-state index contributed by atoms with van der Waals surface area (Å²) >= 11 is 0. The number of aromatic nitrogens is 2. The normalized spacial score (nSPS) is 12.9. The standard InChI is InChI=1S/C13H15N3O2/c1-16-6-5-11(15-16)8-14-7-10-3-2-4-12-13(10)18-9-17-12/h2-6,14H,7-9H2,1H3. The van der Waals surface area contributed by atoms with Crippen LogP contribution in [0.1, 0.15) is 11.3 Å². The molecular formula is C13H15N3O2. The number of rotatable bonds is 4. The molecule has 2 heterocycles. The SMILES string of the molecule is Cn1ccc(CNCc2cccc3c2OCO3)n1. The molecule has 0 fully saturated rings. The fourth-order valence-corrected chi connectivity index (χ4v) is 2.01. The number of nitrogens with one attached hydrogen (secondary N) is 1. The first kappa shape index (κ1) is 11.1. The second-order valence-corrected chi connectivity index (χ2v) is 4.24. The maximum absolute atomic E-state index is 5.45. The topological polar surface area (TPSA) is 48.3 Å². The molecule has 0 saturated heterocycles. The molecule has 1 aliphatic heterocycles. The first-order valence-electron chi connectivity index (χ1n) is 5.89. The average molecular weight is 245 g/mol. The monoisotopic (exact) mass is 245 g/mol. The van der Waals surface area contributed by atoms with Crippen LogP contribution in [0.3, 0.4) is 0 Å². The van der Waals surface area contributed by atoms with Crippen molar-refractivity contribution in [2.24, 2.45) is 7.05 Å². The van der Waals surface area contributed by atoms with Crippen molar-refractivity contribution in [1.82, 2.24) is 15.1 Å². The lowest BCUT2D eigenvalue weighted by atomic mass is 10.2. The zero-order chi connectivity index (χ0) is 12.4. The van der Waals surface area contributed by atoms with Gasteiger partial charge in [0.05, 0.1) is 5.69 Å². The van der Waals surface area contributed by atoms with E-state index in [1.165, 1.54) is 0 Å². The molecule has 0 amide bonds. The van der Waals surface area contributed by atoms with Gasteiger partial charge in [-0.1, -0.05) is 12.1 Å². The van der Waals surface area contributed by atoms with E-state index in [9.17, 15) is 0 Å². The van der Waals surface area contributed by atoms with Gasteiger partial charge in [0.25, 0.3) is 0 Å². The summed E-state index contributed by atoms with van der Waals surface area (Å²) < 4.78 is 12.6. The third-order valence-corrected chi connectivity index (χ3v) is 2.87. The Morgan fingerprint density at radius 2 is 2.22 bits per heavy atom. The summed E-state index contributed by atoms with van der Waals surface area (Å²) in [6.45, 7) is 1.79. The van der Waals surface area contributed by atoms with E-state index in [-0.39, 0.29) is 0 Å². The van der Waals surface area contributed by atoms with Crippen molar-refractivity contribution >= 4 is 0 Å². The molecule has 1 N–H and O–H groups in total. The minimum atomic E-state index is 0.312. The van der Waals surface area contributed by atoms with E-state index in [0.29, 0.717) is 6.79 Å². The largest absolute Gasteiger partial charge is 0.454 e. The molecule has 18 heavy (non-hydrogen) atoms. The second kappa shape index (κ2) is 4.70. The highest BCUT2D eigenvalue weighted by molar-refractivity contribution is 5.48. The van der Waals surface area contributed by atoms with E-state index in [1.807, 2.05) is 37.5 Å². The van der Waals surface area contributed by atoms with Gasteiger partial charge in [0.2, 0.25) is 6.79 Å². The van der Waals surface area contributed by atoms with Gasteiger partial charge >= 0.3 is 0 Å². The van der Waals surface area contributed by atoms with Crippen molar-refractivity contribution < 1.29 is 9.47 Å². The number of hydrogen-bond acceptors (Lipinski definition) is 4. The fraction of sp³-hybridized carbons (Fsp3) is 0.308. The van der Waals surface area contributed by atoms with Crippen LogP contribution in [0.4, 0.5) is 0 Å². The molecular weight excluding hydrogens is 230 g/mol. The van der Waals surface area contributed by atoms with E-state index in [1.54, 1.807) is 4.68 Å². The molecule has 0 atom stereocenters. The first-order chi connectivity index (χ1) is 8.83. The summed E-state index contributed by atoms with van der Waals surface area (Å²) in [4.78, 5) is 0. The quantitative estimate of drug-likeness (QED) is 0.885. The molecule has 0 bridgehead atoms. The summed E-state index contributed by atoms with van der Waals surface area (Å²) in [5, 5.41) is 7.66. The maximum Gasteiger partial charge on any atom is 0.231 e. The smallest absolute Gasteiger partial charge is 0.231 e. The van der Waals surface area contributed by atoms with E-state index >= 15 is 0 Å². The summed E-state index contributed by atoms with van der Waals surface area (Å²) in [6, 6.07) is 7.94. The Labute approximate surface area is 105 Å². The van der Waals surface area contributed by atoms with Crippen LogP contribution >= 0.6 is 0 Å². The molecule has 1 aromatic carbocycles. The third-order valence-electron chi connectivity index (χ3n) is 2.87. The predicted octanol–water partition coefficient (Wildman–Crippen LogP) is 1.44. The summed E-state index contributed by atoms with van der Waals surface area (Å²) in [5.41, 5.74) is 2.14. The van der Waals surface area contributed by atoms with Crippen LogP contribution in [0.25, 0.3) is 0 Å². The number of hydrogen-bond donors (Lipinski definition) is 1. The Balaban J connectivity index is 1.62. The van der Waals surface area contributed by atoms with Gasteiger partial charge in [-0.2, -0.15) is 5.10 Å². The van der Waals surface area contributed by atoms with Gasteiger partial charge < -0.3 is 14.8 Å². The van der Waals surface area contributed by atoms with E-state index in [4.69, 9.17) is 9.47 Å². The van der Waals surface area contributed by atoms with Crippen LogP contribution in [-0.4, -0.2) is 16.6 Å². The van der Waals surface area contributed by atoms with E-state index in [0.717, 1.165) is 35.8 Å². The van der Waals surface area contributed by atoms with Gasteiger partial charge in [-0.15, -0.1) is 0 Å². The van der Waals surface area contributed by atoms with Crippen molar-refractivity contribution in [3.63, 3.8) is 0 Å². The molecule has 0 spiro atoms. The molecule has 5 nitrogen and oxygen atoms in total. The molecule has 94 valence electrons. The second-order valence-electron chi connectivity index (χ2n) is 4.24. The van der Waals surface area contributed by atoms with Crippen LogP contribution in [0.2, 0.25) is 0 Å². The van der Waals surface area contributed by atoms with Gasteiger partial charge in [-0.25, -0.2) is 0 Å². The van der Waals surface area contributed by atoms with E-state index < -0.39 is 0 Å². The van der Waals surface area contributed by atoms with Crippen LogP contribution in [0.5, 0.6) is 11.5 Å². The first-order valence-corrected chi connectivity index (χ1v) is 5.89. The summed E-state index contributed by atoms with van der Waals surface area (Å²) in [6.07, 6.45) is 1.94. The Hall–Kier alpha value is -2.01. The summed E-state index contributed by atoms with van der Waals surface area (Å²) in [7, 11) is 1.92. The van der Waals surface area contributed by atoms with E-state index in [2.05, 4.69) is 10.4 Å². The van der Waals surface area contributed by atoms with Crippen LogP contribution < -0.4 is 14.8 Å². The molecule has 1 aromatic heterocycles. The lowest BCUT2D eigenvalue weighted by Gasteiger charge is -2.06. The number of benzene rings is 1. The Morgan fingerprint density at radius 3 is 3.06 bits per heavy atom. The average Bonchev–Trinajstić information content (AvgIpc) is 2.98. The third kappa shape index (κ3) is 2.17. The lowest BCUT2D eigenvalue weighted by molar-refractivity contribution is 0.173. The minimum absolute atomic E-state index is 0.312. The highest BCUT2D eigenvalue weighted by Crippen LogP contribution is 2.35. The zero-order valence-corrected chi connectivity index (χ0v) is 10.2. The fourth-order valence-electron chi connectivity index (χ4n) is 2.01. The van der Waals surface area contributed by atoms with Crippen LogP contribution in [-0.2, 0) is 20.1 Å². The van der Waals surface area contributed by atoms with Gasteiger partial charge in [-0.3, -0.25) is 4.68 Å². The van der Waals surface area contributed by atoms with Gasteiger partial charge in [0, 0.05) is 31.9 Å². The molecule has 0 saturated carbocycles. The van der Waals surface area contributed by atoms with Gasteiger partial charge in [-0.05, 0) is 12.1 Å². The number of fused-ring (bicyclic) bond motifs is 1. The van der Waals surface area contributed by atoms with Crippen molar-refractivity contribution in [2.45, 2.75) is 13.1 Å². The number of ether oxygens (including phenoxy) is 2. The Morgan fingerprint density at radius 1 is 1.28 bits per heavy atom. The Kier molecular flexibility index (Phi) is 2.90. The predicted molar refractivity (Wildman–Crippen MR) is 66.3 cm³/mol. The number of nitrogens with zero attached hydrogens (tertiary/aromatic N) is 2. The van der Waals surface area contributed by atoms with Crippen LogP contribution in [0.15, 0.2) is 30.5 Å². The van der Waals surface area contributed by atoms with Crippen molar-refractivity contribution in [1.29, 1.82) is 0 Å². The maximum atomic E-state index is 5.45. The molecule has 0 aliphatic carbocycles. The molecule has 0 unspecified atom stereocenters. The molecule has 0 radical (unpaired) electrons. The van der Waals surface area contributed by atoms with Gasteiger partial charge in [0.15, 0.2) is 11.5 Å². The highest BCUT2D eigenvalue weighted by atomic mass is 16.7. The molecule has 3 rings (SSSR count). The highest BCUT2D eigenvalue weighted by Gasteiger charge is 2.16.